The third-order valence-electron chi connectivity index (χ3n) is 3.79. The molecular formula is C14H19N3S. The summed E-state index contributed by atoms with van der Waals surface area (Å²) >= 11 is 1.89. The maximum atomic E-state index is 4.13. The first-order valence-electron chi connectivity index (χ1n) is 6.55. The average molecular weight is 261 g/mol. The monoisotopic (exact) mass is 261 g/mol. The van der Waals surface area contributed by atoms with Crippen LogP contribution in [0.1, 0.15) is 23.3 Å². The first-order valence-corrected chi connectivity index (χ1v) is 7.43. The van der Waals surface area contributed by atoms with Crippen molar-refractivity contribution in [2.24, 2.45) is 0 Å². The quantitative estimate of drug-likeness (QED) is 0.844. The molecule has 0 spiro atoms. The largest absolute Gasteiger partial charge is 0.336 e. The standard InChI is InChI=1S/C14H19N3S/c1-12-4-8-18-14(12)10-17-6-2-3-13(17)9-16-7-5-15-11-16/h4-5,7-8,11,13H,2-3,6,9-10H2,1H3/t13-/m1/s1. The van der Waals surface area contributed by atoms with Crippen molar-refractivity contribution in [3.05, 3.63) is 40.6 Å². The molecule has 1 fully saturated rings. The van der Waals surface area contributed by atoms with Gasteiger partial charge in [0.1, 0.15) is 0 Å². The molecule has 0 radical (unpaired) electrons. The van der Waals surface area contributed by atoms with E-state index < -0.39 is 0 Å². The van der Waals surface area contributed by atoms with E-state index in [1.165, 1.54) is 29.8 Å². The van der Waals surface area contributed by atoms with Crippen molar-refractivity contribution in [1.82, 2.24) is 14.5 Å². The van der Waals surface area contributed by atoms with Crippen molar-refractivity contribution >= 4 is 11.3 Å². The van der Waals surface area contributed by atoms with Gasteiger partial charge in [-0.05, 0) is 43.3 Å². The third kappa shape index (κ3) is 2.49. The van der Waals surface area contributed by atoms with Gasteiger partial charge >= 0.3 is 0 Å². The number of hydrogen-bond donors (Lipinski definition) is 0. The highest BCUT2D eigenvalue weighted by atomic mass is 32.1. The molecule has 2 aromatic heterocycles. The molecule has 18 heavy (non-hydrogen) atoms. The van der Waals surface area contributed by atoms with Crippen molar-refractivity contribution in [1.29, 1.82) is 0 Å². The van der Waals surface area contributed by atoms with Gasteiger partial charge in [0.25, 0.3) is 0 Å². The van der Waals surface area contributed by atoms with Gasteiger partial charge < -0.3 is 4.57 Å². The fourth-order valence-corrected chi connectivity index (χ4v) is 3.63. The molecule has 1 aliphatic rings. The van der Waals surface area contributed by atoms with Crippen LogP contribution in [0.15, 0.2) is 30.2 Å². The predicted octanol–water partition coefficient (Wildman–Crippen LogP) is 2.92. The Morgan fingerprint density at radius 3 is 3.17 bits per heavy atom. The van der Waals surface area contributed by atoms with Gasteiger partial charge in [-0.2, -0.15) is 0 Å². The van der Waals surface area contributed by atoms with Crippen molar-refractivity contribution in [3.63, 3.8) is 0 Å². The molecule has 2 aromatic rings. The number of nitrogens with zero attached hydrogens (tertiary/aromatic N) is 3. The van der Waals surface area contributed by atoms with E-state index in [-0.39, 0.29) is 0 Å². The Hall–Kier alpha value is -1.13. The van der Waals surface area contributed by atoms with E-state index in [0.29, 0.717) is 6.04 Å². The summed E-state index contributed by atoms with van der Waals surface area (Å²) in [5.74, 6) is 0. The predicted molar refractivity (Wildman–Crippen MR) is 74.7 cm³/mol. The van der Waals surface area contributed by atoms with Crippen LogP contribution in [-0.4, -0.2) is 27.0 Å². The summed E-state index contributed by atoms with van der Waals surface area (Å²) in [7, 11) is 0. The zero-order valence-corrected chi connectivity index (χ0v) is 11.6. The van der Waals surface area contributed by atoms with Crippen molar-refractivity contribution < 1.29 is 0 Å². The summed E-state index contributed by atoms with van der Waals surface area (Å²) in [5.41, 5.74) is 1.44. The zero-order valence-electron chi connectivity index (χ0n) is 10.7. The second kappa shape index (κ2) is 5.24. The molecular weight excluding hydrogens is 242 g/mol. The molecule has 0 bridgehead atoms. The topological polar surface area (TPSA) is 21.1 Å². The lowest BCUT2D eigenvalue weighted by Crippen LogP contribution is -2.32. The van der Waals surface area contributed by atoms with Gasteiger partial charge in [0.05, 0.1) is 6.33 Å². The van der Waals surface area contributed by atoms with Gasteiger partial charge in [-0.1, -0.05) is 0 Å². The van der Waals surface area contributed by atoms with E-state index in [9.17, 15) is 0 Å². The van der Waals surface area contributed by atoms with Crippen LogP contribution < -0.4 is 0 Å². The van der Waals surface area contributed by atoms with Crippen LogP contribution in [0.25, 0.3) is 0 Å². The highest BCUT2D eigenvalue weighted by Crippen LogP contribution is 2.25. The van der Waals surface area contributed by atoms with Gasteiger partial charge in [-0.15, -0.1) is 11.3 Å². The fourth-order valence-electron chi connectivity index (χ4n) is 2.70. The summed E-state index contributed by atoms with van der Waals surface area (Å²) < 4.78 is 2.20. The molecule has 0 aromatic carbocycles. The van der Waals surface area contributed by atoms with E-state index in [4.69, 9.17) is 0 Å². The number of imidazole rings is 1. The molecule has 0 aliphatic carbocycles. The van der Waals surface area contributed by atoms with Crippen molar-refractivity contribution in [3.8, 4) is 0 Å². The lowest BCUT2D eigenvalue weighted by Gasteiger charge is -2.24. The number of thiophene rings is 1. The Labute approximate surface area is 112 Å². The zero-order chi connectivity index (χ0) is 12.4. The van der Waals surface area contributed by atoms with Crippen LogP contribution in [-0.2, 0) is 13.1 Å². The van der Waals surface area contributed by atoms with Gasteiger partial charge in [0, 0.05) is 36.4 Å². The van der Waals surface area contributed by atoms with E-state index in [2.05, 4.69) is 39.0 Å². The molecule has 0 N–H and O–H groups in total. The minimum Gasteiger partial charge on any atom is -0.336 e. The SMILES string of the molecule is Cc1ccsc1CN1CCC[C@@H]1Cn1ccnc1. The molecule has 0 unspecified atom stereocenters. The minimum absolute atomic E-state index is 0.667. The first kappa shape index (κ1) is 11.9. The summed E-state index contributed by atoms with van der Waals surface area (Å²) in [6.07, 6.45) is 8.48. The normalized spacial score (nSPS) is 20.6. The second-order valence-corrected chi connectivity index (χ2v) is 6.05. The Morgan fingerprint density at radius 1 is 1.50 bits per heavy atom. The second-order valence-electron chi connectivity index (χ2n) is 5.05. The highest BCUT2D eigenvalue weighted by Gasteiger charge is 2.25. The van der Waals surface area contributed by atoms with Crippen LogP contribution in [0.4, 0.5) is 0 Å². The Balaban J connectivity index is 1.66. The molecule has 1 aliphatic heterocycles. The van der Waals surface area contributed by atoms with Crippen molar-refractivity contribution in [2.45, 2.75) is 38.9 Å². The number of likely N-dealkylation sites (tertiary alicyclic amines) is 1. The summed E-state index contributed by atoms with van der Waals surface area (Å²) in [6, 6.07) is 2.89. The van der Waals surface area contributed by atoms with Gasteiger partial charge in [-0.25, -0.2) is 4.98 Å². The maximum absolute atomic E-state index is 4.13. The third-order valence-corrected chi connectivity index (χ3v) is 4.80. The molecule has 0 amide bonds. The Kier molecular flexibility index (Phi) is 3.48. The van der Waals surface area contributed by atoms with Crippen LogP contribution in [0.5, 0.6) is 0 Å². The van der Waals surface area contributed by atoms with E-state index >= 15 is 0 Å². The summed E-state index contributed by atoms with van der Waals surface area (Å²) in [4.78, 5) is 8.27. The molecule has 3 nitrogen and oxygen atoms in total. The Morgan fingerprint density at radius 2 is 2.44 bits per heavy atom. The van der Waals surface area contributed by atoms with E-state index in [0.717, 1.165) is 13.1 Å². The van der Waals surface area contributed by atoms with Gasteiger partial charge in [-0.3, -0.25) is 4.90 Å². The molecule has 1 atom stereocenters. The molecule has 1 saturated heterocycles. The summed E-state index contributed by atoms with van der Waals surface area (Å²) in [5, 5.41) is 2.20. The minimum atomic E-state index is 0.667. The van der Waals surface area contributed by atoms with E-state index in [1.807, 2.05) is 23.9 Å². The fraction of sp³-hybridized carbons (Fsp3) is 0.500. The lowest BCUT2D eigenvalue weighted by molar-refractivity contribution is 0.226. The lowest BCUT2D eigenvalue weighted by atomic mass is 10.2. The highest BCUT2D eigenvalue weighted by molar-refractivity contribution is 7.10. The number of aromatic nitrogens is 2. The molecule has 0 saturated carbocycles. The number of aryl methyl sites for hydroxylation is 1. The molecule has 3 rings (SSSR count). The number of rotatable bonds is 4. The van der Waals surface area contributed by atoms with Crippen LogP contribution in [0, 0.1) is 6.92 Å². The van der Waals surface area contributed by atoms with Gasteiger partial charge in [0.15, 0.2) is 0 Å². The summed E-state index contributed by atoms with van der Waals surface area (Å²) in [6.45, 7) is 5.64. The van der Waals surface area contributed by atoms with Gasteiger partial charge in [0.2, 0.25) is 0 Å². The number of hydrogen-bond acceptors (Lipinski definition) is 3. The smallest absolute Gasteiger partial charge is 0.0946 e. The van der Waals surface area contributed by atoms with Crippen molar-refractivity contribution in [2.75, 3.05) is 6.54 Å². The molecule has 3 heterocycles. The first-order chi connectivity index (χ1) is 8.83. The maximum Gasteiger partial charge on any atom is 0.0946 e. The Bertz CT molecular complexity index is 489. The molecule has 96 valence electrons. The van der Waals surface area contributed by atoms with Crippen LogP contribution in [0.2, 0.25) is 0 Å². The van der Waals surface area contributed by atoms with E-state index in [1.54, 1.807) is 0 Å². The van der Waals surface area contributed by atoms with Crippen LogP contribution in [0.3, 0.4) is 0 Å². The van der Waals surface area contributed by atoms with Crippen LogP contribution >= 0.6 is 11.3 Å². The molecule has 4 heteroatoms. The average Bonchev–Trinajstić information content (AvgIpc) is 3.06.